The average Bonchev–Trinajstić information content (AvgIpc) is 3.12. The summed E-state index contributed by atoms with van der Waals surface area (Å²) in [4.78, 5) is 24.8. The standard InChI is InChI=1S/C15H26N2O4/c1-2-13-11(7-8-21-13)9-16-15(20)17(10-14(18)19)12-5-3-4-6-12/h11-13H,2-10H2,1H3,(H,16,20)(H,18,19). The van der Waals surface area contributed by atoms with E-state index >= 15 is 0 Å². The highest BCUT2D eigenvalue weighted by Crippen LogP contribution is 2.24. The van der Waals surface area contributed by atoms with Gasteiger partial charge in [0.15, 0.2) is 0 Å². The first-order valence-corrected chi connectivity index (χ1v) is 7.99. The topological polar surface area (TPSA) is 78.9 Å². The van der Waals surface area contributed by atoms with Crippen LogP contribution in [-0.4, -0.2) is 53.8 Å². The maximum atomic E-state index is 12.3. The van der Waals surface area contributed by atoms with Crippen molar-refractivity contribution in [3.8, 4) is 0 Å². The highest BCUT2D eigenvalue weighted by Gasteiger charge is 2.31. The van der Waals surface area contributed by atoms with Crippen molar-refractivity contribution in [1.29, 1.82) is 0 Å². The number of amides is 2. The fourth-order valence-electron chi connectivity index (χ4n) is 3.43. The van der Waals surface area contributed by atoms with Crippen molar-refractivity contribution in [2.75, 3.05) is 19.7 Å². The van der Waals surface area contributed by atoms with Crippen molar-refractivity contribution in [2.45, 2.75) is 57.6 Å². The van der Waals surface area contributed by atoms with Crippen LogP contribution in [0.4, 0.5) is 4.79 Å². The van der Waals surface area contributed by atoms with E-state index in [2.05, 4.69) is 12.2 Å². The third-order valence-corrected chi connectivity index (χ3v) is 4.60. The quantitative estimate of drug-likeness (QED) is 0.784. The van der Waals surface area contributed by atoms with Crippen LogP contribution in [0, 0.1) is 5.92 Å². The number of hydrogen-bond donors (Lipinski definition) is 2. The summed E-state index contributed by atoms with van der Waals surface area (Å²) in [7, 11) is 0. The summed E-state index contributed by atoms with van der Waals surface area (Å²) in [5, 5.41) is 11.9. The lowest BCUT2D eigenvalue weighted by molar-refractivity contribution is -0.138. The maximum absolute atomic E-state index is 12.3. The normalized spacial score (nSPS) is 26.0. The Bertz CT molecular complexity index is 369. The van der Waals surface area contributed by atoms with Crippen molar-refractivity contribution in [1.82, 2.24) is 10.2 Å². The molecule has 2 fully saturated rings. The number of carbonyl (C=O) groups is 2. The summed E-state index contributed by atoms with van der Waals surface area (Å²) in [6.07, 6.45) is 6.08. The summed E-state index contributed by atoms with van der Waals surface area (Å²) in [6, 6.07) is -0.172. The number of aliphatic carboxylic acids is 1. The molecule has 0 aromatic carbocycles. The molecule has 1 saturated heterocycles. The Labute approximate surface area is 125 Å². The predicted molar refractivity (Wildman–Crippen MR) is 78.1 cm³/mol. The Balaban J connectivity index is 1.87. The molecule has 1 aliphatic carbocycles. The van der Waals surface area contributed by atoms with Gasteiger partial charge in [0.25, 0.3) is 0 Å². The number of nitrogens with zero attached hydrogens (tertiary/aromatic N) is 1. The molecule has 0 spiro atoms. The zero-order chi connectivity index (χ0) is 15.2. The molecule has 6 nitrogen and oxygen atoms in total. The van der Waals surface area contributed by atoms with Gasteiger partial charge in [-0.05, 0) is 25.7 Å². The van der Waals surface area contributed by atoms with Crippen molar-refractivity contribution in [3.05, 3.63) is 0 Å². The minimum absolute atomic E-state index is 0.0721. The number of nitrogens with one attached hydrogen (secondary N) is 1. The van der Waals surface area contributed by atoms with E-state index in [-0.39, 0.29) is 24.7 Å². The molecule has 0 bridgehead atoms. The molecule has 0 radical (unpaired) electrons. The van der Waals surface area contributed by atoms with E-state index in [1.54, 1.807) is 0 Å². The van der Waals surface area contributed by atoms with E-state index in [9.17, 15) is 9.59 Å². The molecule has 2 rings (SSSR count). The van der Waals surface area contributed by atoms with Crippen LogP contribution in [-0.2, 0) is 9.53 Å². The van der Waals surface area contributed by atoms with Gasteiger partial charge in [0.2, 0.25) is 0 Å². The molecule has 0 aromatic rings. The molecule has 2 unspecified atom stereocenters. The van der Waals surface area contributed by atoms with E-state index in [4.69, 9.17) is 9.84 Å². The molecule has 2 amide bonds. The molecular formula is C15H26N2O4. The van der Waals surface area contributed by atoms with Gasteiger partial charge >= 0.3 is 12.0 Å². The highest BCUT2D eigenvalue weighted by molar-refractivity contribution is 5.80. The number of carbonyl (C=O) groups excluding carboxylic acids is 1. The summed E-state index contributed by atoms with van der Waals surface area (Å²) >= 11 is 0. The highest BCUT2D eigenvalue weighted by atomic mass is 16.5. The van der Waals surface area contributed by atoms with Gasteiger partial charge in [0.05, 0.1) is 6.10 Å². The molecule has 2 aliphatic rings. The van der Waals surface area contributed by atoms with Crippen LogP contribution in [0.2, 0.25) is 0 Å². The first kappa shape index (κ1) is 16.1. The van der Waals surface area contributed by atoms with Gasteiger partial charge < -0.3 is 20.1 Å². The fraction of sp³-hybridized carbons (Fsp3) is 0.867. The lowest BCUT2D eigenvalue weighted by Gasteiger charge is -2.28. The van der Waals surface area contributed by atoms with Crippen LogP contribution < -0.4 is 5.32 Å². The minimum Gasteiger partial charge on any atom is -0.480 e. The van der Waals surface area contributed by atoms with Crippen LogP contribution >= 0.6 is 0 Å². The van der Waals surface area contributed by atoms with Crippen LogP contribution in [0.15, 0.2) is 0 Å². The number of carboxylic acid groups (broad SMARTS) is 1. The largest absolute Gasteiger partial charge is 0.480 e. The van der Waals surface area contributed by atoms with Crippen LogP contribution in [0.1, 0.15) is 45.4 Å². The van der Waals surface area contributed by atoms with Gasteiger partial charge in [-0.3, -0.25) is 4.79 Å². The van der Waals surface area contributed by atoms with E-state index in [1.807, 2.05) is 0 Å². The summed E-state index contributed by atoms with van der Waals surface area (Å²) in [6.45, 7) is 3.19. The number of rotatable bonds is 6. The van der Waals surface area contributed by atoms with Gasteiger partial charge in [-0.25, -0.2) is 4.79 Å². The third-order valence-electron chi connectivity index (χ3n) is 4.60. The van der Waals surface area contributed by atoms with Crippen molar-refractivity contribution < 1.29 is 19.4 Å². The Morgan fingerprint density at radius 1 is 1.29 bits per heavy atom. The average molecular weight is 298 g/mol. The number of hydrogen-bond acceptors (Lipinski definition) is 3. The molecule has 21 heavy (non-hydrogen) atoms. The van der Waals surface area contributed by atoms with Crippen LogP contribution in [0.25, 0.3) is 0 Å². The first-order chi connectivity index (χ1) is 10.1. The lowest BCUT2D eigenvalue weighted by Crippen LogP contribution is -2.49. The molecule has 1 saturated carbocycles. The summed E-state index contributed by atoms with van der Waals surface area (Å²) < 4.78 is 5.61. The molecular weight excluding hydrogens is 272 g/mol. The van der Waals surface area contributed by atoms with Gasteiger partial charge in [-0.15, -0.1) is 0 Å². The zero-order valence-corrected chi connectivity index (χ0v) is 12.7. The molecule has 2 atom stereocenters. The Kier molecular flexibility index (Phi) is 5.85. The van der Waals surface area contributed by atoms with E-state index in [1.165, 1.54) is 4.90 Å². The van der Waals surface area contributed by atoms with Gasteiger partial charge in [0, 0.05) is 25.1 Å². The summed E-state index contributed by atoms with van der Waals surface area (Å²) in [5.74, 6) is -0.609. The van der Waals surface area contributed by atoms with Crippen molar-refractivity contribution in [3.63, 3.8) is 0 Å². The van der Waals surface area contributed by atoms with Crippen LogP contribution in [0.5, 0.6) is 0 Å². The van der Waals surface area contributed by atoms with Crippen molar-refractivity contribution in [2.24, 2.45) is 5.92 Å². The Morgan fingerprint density at radius 2 is 2.00 bits per heavy atom. The summed E-state index contributed by atoms with van der Waals surface area (Å²) in [5.41, 5.74) is 0. The second kappa shape index (κ2) is 7.64. The van der Waals surface area contributed by atoms with Crippen LogP contribution in [0.3, 0.4) is 0 Å². The smallest absolute Gasteiger partial charge is 0.323 e. The molecule has 120 valence electrons. The van der Waals surface area contributed by atoms with Crippen molar-refractivity contribution >= 4 is 12.0 Å². The zero-order valence-electron chi connectivity index (χ0n) is 12.7. The third kappa shape index (κ3) is 4.33. The van der Waals surface area contributed by atoms with Gasteiger partial charge in [0.1, 0.15) is 6.54 Å². The SMILES string of the molecule is CCC1OCCC1CNC(=O)N(CC(=O)O)C1CCCC1. The molecule has 0 aromatic heterocycles. The molecule has 1 aliphatic heterocycles. The van der Waals surface area contributed by atoms with E-state index in [0.29, 0.717) is 12.5 Å². The van der Waals surface area contributed by atoms with E-state index in [0.717, 1.165) is 45.1 Å². The second-order valence-corrected chi connectivity index (χ2v) is 6.01. The maximum Gasteiger partial charge on any atom is 0.323 e. The van der Waals surface area contributed by atoms with Gasteiger partial charge in [-0.2, -0.15) is 0 Å². The minimum atomic E-state index is -0.951. The monoisotopic (exact) mass is 298 g/mol. The number of urea groups is 1. The van der Waals surface area contributed by atoms with E-state index < -0.39 is 5.97 Å². The lowest BCUT2D eigenvalue weighted by atomic mass is 10.00. The Morgan fingerprint density at radius 3 is 2.62 bits per heavy atom. The first-order valence-electron chi connectivity index (χ1n) is 7.99. The predicted octanol–water partition coefficient (Wildman–Crippen LogP) is 1.84. The second-order valence-electron chi connectivity index (χ2n) is 6.01. The Hall–Kier alpha value is -1.30. The molecule has 1 heterocycles. The van der Waals surface area contributed by atoms with Gasteiger partial charge in [-0.1, -0.05) is 19.8 Å². The molecule has 6 heteroatoms. The number of carboxylic acids is 1. The number of ether oxygens (including phenoxy) is 1. The molecule has 2 N–H and O–H groups in total. The fourth-order valence-corrected chi connectivity index (χ4v) is 3.43.